The van der Waals surface area contributed by atoms with Crippen molar-refractivity contribution in [3.8, 4) is 11.4 Å². The van der Waals surface area contributed by atoms with E-state index in [1.807, 2.05) is 59.5 Å². The zero-order chi connectivity index (χ0) is 21.9. The van der Waals surface area contributed by atoms with E-state index in [2.05, 4.69) is 15.1 Å². The maximum atomic E-state index is 13.4. The largest absolute Gasteiger partial charge is 0.330 e. The molecule has 1 aliphatic heterocycles. The van der Waals surface area contributed by atoms with Gasteiger partial charge in [-0.2, -0.15) is 5.10 Å². The predicted octanol–water partition coefficient (Wildman–Crippen LogP) is 4.41. The molecule has 1 aliphatic rings. The van der Waals surface area contributed by atoms with Gasteiger partial charge in [-0.25, -0.2) is 19.6 Å². The van der Waals surface area contributed by atoms with E-state index in [1.54, 1.807) is 17.2 Å². The van der Waals surface area contributed by atoms with E-state index < -0.39 is 0 Å². The number of carbonyl (C=O) groups is 1. The molecular weight excluding hydrogens is 424 g/mol. The lowest BCUT2D eigenvalue weighted by molar-refractivity contribution is 0.0732. The van der Waals surface area contributed by atoms with Crippen LogP contribution in [0.4, 0.5) is 0 Å². The van der Waals surface area contributed by atoms with Gasteiger partial charge in [0.15, 0.2) is 5.82 Å². The monoisotopic (exact) mass is 444 g/mol. The van der Waals surface area contributed by atoms with Crippen LogP contribution >= 0.6 is 11.6 Å². The third-order valence-corrected chi connectivity index (χ3v) is 5.84. The van der Waals surface area contributed by atoms with Gasteiger partial charge >= 0.3 is 0 Å². The lowest BCUT2D eigenvalue weighted by atomic mass is 10.1. The number of aromatic nitrogens is 5. The zero-order valence-electron chi connectivity index (χ0n) is 17.3. The summed E-state index contributed by atoms with van der Waals surface area (Å²) in [4.78, 5) is 28.5. The molecule has 5 rings (SSSR count). The standard InChI is InChI=1S/C24H21ClN6O/c25-20-7-2-5-18(13-20)23-27-10-9-21(29-23)22-8-3-11-31(22)24(32)19-6-1-4-17(12-19)14-30-16-26-15-28-30/h1-2,4-7,9-10,12-13,15-16,22H,3,8,11,14H2. The van der Waals surface area contributed by atoms with Crippen molar-refractivity contribution >= 4 is 17.5 Å². The second-order valence-electron chi connectivity index (χ2n) is 7.77. The van der Waals surface area contributed by atoms with Gasteiger partial charge < -0.3 is 4.90 Å². The Labute approximate surface area is 190 Å². The normalized spacial score (nSPS) is 15.8. The molecule has 8 heteroatoms. The summed E-state index contributed by atoms with van der Waals surface area (Å²) >= 11 is 6.13. The summed E-state index contributed by atoms with van der Waals surface area (Å²) < 4.78 is 1.74. The molecule has 160 valence electrons. The van der Waals surface area contributed by atoms with E-state index in [-0.39, 0.29) is 11.9 Å². The molecule has 3 heterocycles. The van der Waals surface area contributed by atoms with E-state index in [9.17, 15) is 4.79 Å². The first-order valence-electron chi connectivity index (χ1n) is 10.5. The van der Waals surface area contributed by atoms with Crippen molar-refractivity contribution in [1.29, 1.82) is 0 Å². The number of amides is 1. The maximum absolute atomic E-state index is 13.4. The minimum absolute atomic E-state index is 0.0101. The van der Waals surface area contributed by atoms with Gasteiger partial charge in [-0.3, -0.25) is 4.79 Å². The highest BCUT2D eigenvalue weighted by Gasteiger charge is 2.32. The number of rotatable bonds is 5. The molecule has 1 saturated heterocycles. The predicted molar refractivity (Wildman–Crippen MR) is 121 cm³/mol. The molecule has 0 aliphatic carbocycles. The fraction of sp³-hybridized carbons (Fsp3) is 0.208. The quantitative estimate of drug-likeness (QED) is 0.455. The Morgan fingerprint density at radius 1 is 1.12 bits per heavy atom. The molecule has 4 aromatic rings. The lowest BCUT2D eigenvalue weighted by Gasteiger charge is -2.25. The molecule has 1 unspecified atom stereocenters. The summed E-state index contributed by atoms with van der Waals surface area (Å²) in [6.45, 7) is 1.27. The van der Waals surface area contributed by atoms with Crippen molar-refractivity contribution in [2.75, 3.05) is 6.54 Å². The number of halogens is 1. The molecule has 1 atom stereocenters. The average molecular weight is 445 g/mol. The highest BCUT2D eigenvalue weighted by Crippen LogP contribution is 2.33. The van der Waals surface area contributed by atoms with Crippen LogP contribution in [0, 0.1) is 0 Å². The molecular formula is C24H21ClN6O. The van der Waals surface area contributed by atoms with E-state index in [4.69, 9.17) is 16.6 Å². The number of carbonyl (C=O) groups excluding carboxylic acids is 1. The minimum atomic E-state index is -0.0811. The molecule has 0 bridgehead atoms. The fourth-order valence-electron chi connectivity index (χ4n) is 4.11. The van der Waals surface area contributed by atoms with Crippen LogP contribution in [0.5, 0.6) is 0 Å². The van der Waals surface area contributed by atoms with Gasteiger partial charge in [0.25, 0.3) is 5.91 Å². The minimum Gasteiger partial charge on any atom is -0.330 e. The summed E-state index contributed by atoms with van der Waals surface area (Å²) in [6, 6.07) is 17.0. The van der Waals surface area contributed by atoms with E-state index >= 15 is 0 Å². The van der Waals surface area contributed by atoms with Crippen molar-refractivity contribution in [3.63, 3.8) is 0 Å². The van der Waals surface area contributed by atoms with Crippen LogP contribution in [-0.4, -0.2) is 42.1 Å². The average Bonchev–Trinajstić information content (AvgIpc) is 3.51. The molecule has 1 fully saturated rings. The van der Waals surface area contributed by atoms with Crippen molar-refractivity contribution in [3.05, 3.63) is 95.3 Å². The van der Waals surface area contributed by atoms with Gasteiger partial charge in [-0.05, 0) is 48.7 Å². The molecule has 7 nitrogen and oxygen atoms in total. The van der Waals surface area contributed by atoms with Crippen LogP contribution in [0.2, 0.25) is 5.02 Å². The molecule has 0 spiro atoms. The van der Waals surface area contributed by atoms with Gasteiger partial charge in [0.1, 0.15) is 12.7 Å². The molecule has 1 amide bonds. The second kappa shape index (κ2) is 8.88. The number of hydrogen-bond donors (Lipinski definition) is 0. The molecule has 0 radical (unpaired) electrons. The van der Waals surface area contributed by atoms with Gasteiger partial charge in [-0.15, -0.1) is 0 Å². The Bertz CT molecular complexity index is 1240. The van der Waals surface area contributed by atoms with Gasteiger partial charge in [0.05, 0.1) is 18.3 Å². The summed E-state index contributed by atoms with van der Waals surface area (Å²) in [5.74, 6) is 0.620. The molecule has 0 N–H and O–H groups in total. The third kappa shape index (κ3) is 4.24. The summed E-state index contributed by atoms with van der Waals surface area (Å²) in [7, 11) is 0. The third-order valence-electron chi connectivity index (χ3n) is 5.60. The van der Waals surface area contributed by atoms with Crippen molar-refractivity contribution in [1.82, 2.24) is 29.6 Å². The Morgan fingerprint density at radius 2 is 2.03 bits per heavy atom. The SMILES string of the molecule is O=C(c1cccc(Cn2cncn2)c1)N1CCCC1c1ccnc(-c2cccc(Cl)c2)n1. The second-order valence-corrected chi connectivity index (χ2v) is 8.20. The van der Waals surface area contributed by atoms with E-state index in [0.29, 0.717) is 29.5 Å². The Hall–Kier alpha value is -3.58. The summed E-state index contributed by atoms with van der Waals surface area (Å²) in [6.07, 6.45) is 6.72. The lowest BCUT2D eigenvalue weighted by Crippen LogP contribution is -2.31. The van der Waals surface area contributed by atoms with Gasteiger partial charge in [-0.1, -0.05) is 35.9 Å². The molecule has 32 heavy (non-hydrogen) atoms. The summed E-state index contributed by atoms with van der Waals surface area (Å²) in [5, 5.41) is 4.78. The fourth-order valence-corrected chi connectivity index (χ4v) is 4.30. The Morgan fingerprint density at radius 3 is 2.88 bits per heavy atom. The van der Waals surface area contributed by atoms with Crippen molar-refractivity contribution in [2.45, 2.75) is 25.4 Å². The Balaban J connectivity index is 1.39. The number of benzene rings is 2. The number of hydrogen-bond acceptors (Lipinski definition) is 5. The molecule has 2 aromatic carbocycles. The van der Waals surface area contributed by atoms with Crippen molar-refractivity contribution in [2.24, 2.45) is 0 Å². The Kier molecular flexibility index (Phi) is 5.64. The first-order chi connectivity index (χ1) is 15.7. The highest BCUT2D eigenvalue weighted by atomic mass is 35.5. The molecule has 0 saturated carbocycles. The first kappa shape index (κ1) is 20.3. The number of nitrogens with zero attached hydrogens (tertiary/aromatic N) is 6. The van der Waals surface area contributed by atoms with Gasteiger partial charge in [0, 0.05) is 28.9 Å². The topological polar surface area (TPSA) is 76.8 Å². The first-order valence-corrected chi connectivity index (χ1v) is 10.9. The maximum Gasteiger partial charge on any atom is 0.254 e. The van der Waals surface area contributed by atoms with E-state index in [1.165, 1.54) is 6.33 Å². The van der Waals surface area contributed by atoms with Crippen LogP contribution in [0.3, 0.4) is 0 Å². The molecule has 2 aromatic heterocycles. The van der Waals surface area contributed by atoms with Crippen LogP contribution in [0.25, 0.3) is 11.4 Å². The van der Waals surface area contributed by atoms with Gasteiger partial charge in [0.2, 0.25) is 0 Å². The van der Waals surface area contributed by atoms with E-state index in [0.717, 1.165) is 29.7 Å². The van der Waals surface area contributed by atoms with Crippen molar-refractivity contribution < 1.29 is 4.79 Å². The number of likely N-dealkylation sites (tertiary alicyclic amines) is 1. The van der Waals surface area contributed by atoms with Crippen LogP contribution < -0.4 is 0 Å². The highest BCUT2D eigenvalue weighted by molar-refractivity contribution is 6.30. The van der Waals surface area contributed by atoms with Crippen LogP contribution in [-0.2, 0) is 6.54 Å². The zero-order valence-corrected chi connectivity index (χ0v) is 18.1. The van der Waals surface area contributed by atoms with Crippen LogP contribution in [0.15, 0.2) is 73.4 Å². The van der Waals surface area contributed by atoms with Crippen LogP contribution in [0.1, 0.15) is 40.5 Å². The summed E-state index contributed by atoms with van der Waals surface area (Å²) in [5.41, 5.74) is 3.37. The smallest absolute Gasteiger partial charge is 0.254 e.